The second-order valence-corrected chi connectivity index (χ2v) is 5.51. The lowest BCUT2D eigenvalue weighted by Gasteiger charge is -2.05. The Labute approximate surface area is 129 Å². The summed E-state index contributed by atoms with van der Waals surface area (Å²) in [4.78, 5) is 0. The van der Waals surface area contributed by atoms with Crippen molar-refractivity contribution in [1.82, 2.24) is 5.16 Å². The molecule has 22 heavy (non-hydrogen) atoms. The lowest BCUT2D eigenvalue weighted by atomic mass is 9.99. The minimum atomic E-state index is -2.66. The zero-order valence-corrected chi connectivity index (χ0v) is 12.7. The number of aromatic nitrogens is 1. The topological polar surface area (TPSA) is 72.2 Å². The van der Waals surface area contributed by atoms with E-state index in [1.54, 1.807) is 12.1 Å². The summed E-state index contributed by atoms with van der Waals surface area (Å²) in [6.45, 7) is 1.86. The molecule has 0 radical (unpaired) electrons. The molecule has 3 aromatic rings. The Morgan fingerprint density at radius 2 is 1.64 bits per heavy atom. The average molecular weight is 314 g/mol. The maximum absolute atomic E-state index is 10.7. The fourth-order valence-corrected chi connectivity index (χ4v) is 2.68. The number of anilines is 1. The van der Waals surface area contributed by atoms with Crippen LogP contribution in [0.15, 0.2) is 59.1 Å². The number of nitrogens with zero attached hydrogens (tertiary/aromatic N) is 1. The van der Waals surface area contributed by atoms with E-state index in [1.165, 1.54) is 0 Å². The maximum atomic E-state index is 10.7. The fraction of sp³-hybridized carbons (Fsp3) is 0.0625. The highest BCUT2D eigenvalue weighted by Crippen LogP contribution is 2.34. The van der Waals surface area contributed by atoms with Crippen molar-refractivity contribution in [3.05, 3.63) is 60.4 Å². The monoisotopic (exact) mass is 314 g/mol. The number of thiol groups is 1. The van der Waals surface area contributed by atoms with Crippen LogP contribution >= 0.6 is 0 Å². The number of hydrogen-bond acceptors (Lipinski definition) is 4. The van der Waals surface area contributed by atoms with Gasteiger partial charge in [-0.3, -0.25) is 4.72 Å². The SMILES string of the molecule is Cc1onc(-c2ccccc2)c1-c1ccc(N[SH](=O)=O)cc1. The zero-order valence-electron chi connectivity index (χ0n) is 11.8. The summed E-state index contributed by atoms with van der Waals surface area (Å²) >= 11 is 0. The van der Waals surface area contributed by atoms with Gasteiger partial charge in [0, 0.05) is 11.3 Å². The summed E-state index contributed by atoms with van der Waals surface area (Å²) in [7, 11) is -2.66. The predicted octanol–water partition coefficient (Wildman–Crippen LogP) is 3.26. The van der Waals surface area contributed by atoms with E-state index < -0.39 is 10.9 Å². The lowest BCUT2D eigenvalue weighted by molar-refractivity contribution is 0.400. The minimum Gasteiger partial charge on any atom is -0.360 e. The van der Waals surface area contributed by atoms with Gasteiger partial charge in [0.2, 0.25) is 10.9 Å². The first kappa shape index (κ1) is 14.3. The Kier molecular flexibility index (Phi) is 3.93. The van der Waals surface area contributed by atoms with Crippen LogP contribution in [0.5, 0.6) is 0 Å². The number of rotatable bonds is 4. The molecule has 0 aliphatic rings. The van der Waals surface area contributed by atoms with Crippen LogP contribution in [0.2, 0.25) is 0 Å². The summed E-state index contributed by atoms with van der Waals surface area (Å²) in [5.74, 6) is 0.717. The van der Waals surface area contributed by atoms with Gasteiger partial charge >= 0.3 is 0 Å². The number of hydrogen-bond donors (Lipinski definition) is 2. The summed E-state index contributed by atoms with van der Waals surface area (Å²) < 4.78 is 29.0. The van der Waals surface area contributed by atoms with Crippen LogP contribution in [0.25, 0.3) is 22.4 Å². The molecule has 1 N–H and O–H groups in total. The van der Waals surface area contributed by atoms with Gasteiger partial charge in [-0.2, -0.15) is 0 Å². The van der Waals surface area contributed by atoms with E-state index in [-0.39, 0.29) is 0 Å². The van der Waals surface area contributed by atoms with Crippen LogP contribution in [0, 0.1) is 6.92 Å². The molecule has 0 unspecified atom stereocenters. The van der Waals surface area contributed by atoms with E-state index in [1.807, 2.05) is 49.4 Å². The van der Waals surface area contributed by atoms with Crippen LogP contribution in [0.4, 0.5) is 5.69 Å². The Morgan fingerprint density at radius 1 is 0.955 bits per heavy atom. The van der Waals surface area contributed by atoms with Crippen molar-refractivity contribution in [2.45, 2.75) is 6.92 Å². The van der Waals surface area contributed by atoms with E-state index in [4.69, 9.17) is 4.52 Å². The van der Waals surface area contributed by atoms with Gasteiger partial charge in [-0.15, -0.1) is 0 Å². The third kappa shape index (κ3) is 2.87. The molecule has 2 aromatic carbocycles. The molecule has 3 rings (SSSR count). The molecule has 0 atom stereocenters. The van der Waals surface area contributed by atoms with E-state index in [0.29, 0.717) is 5.69 Å². The molecule has 1 aromatic heterocycles. The first-order valence-electron chi connectivity index (χ1n) is 6.68. The molecule has 0 saturated heterocycles. The van der Waals surface area contributed by atoms with Crippen molar-refractivity contribution in [2.24, 2.45) is 0 Å². The molecule has 0 saturated carbocycles. The molecule has 0 amide bonds. The summed E-state index contributed by atoms with van der Waals surface area (Å²) in [5, 5.41) is 4.15. The molecular weight excluding hydrogens is 300 g/mol. The van der Waals surface area contributed by atoms with E-state index in [2.05, 4.69) is 9.88 Å². The van der Waals surface area contributed by atoms with Crippen molar-refractivity contribution < 1.29 is 12.9 Å². The molecule has 6 heteroatoms. The molecule has 112 valence electrons. The predicted molar refractivity (Wildman–Crippen MR) is 86.0 cm³/mol. The molecule has 0 fully saturated rings. The van der Waals surface area contributed by atoms with Crippen molar-refractivity contribution >= 4 is 16.6 Å². The van der Waals surface area contributed by atoms with Gasteiger partial charge in [0.1, 0.15) is 11.5 Å². The Hall–Kier alpha value is -2.60. The van der Waals surface area contributed by atoms with Crippen molar-refractivity contribution in [1.29, 1.82) is 0 Å². The smallest absolute Gasteiger partial charge is 0.222 e. The number of nitrogens with one attached hydrogen (secondary N) is 1. The fourth-order valence-electron chi connectivity index (χ4n) is 2.32. The minimum absolute atomic E-state index is 0.523. The Bertz CT molecular complexity index is 845. The van der Waals surface area contributed by atoms with Gasteiger partial charge in [-0.1, -0.05) is 47.6 Å². The van der Waals surface area contributed by atoms with Gasteiger partial charge in [-0.05, 0) is 24.6 Å². The van der Waals surface area contributed by atoms with Gasteiger partial charge in [0.05, 0.1) is 5.56 Å². The van der Waals surface area contributed by atoms with E-state index >= 15 is 0 Å². The van der Waals surface area contributed by atoms with Gasteiger partial charge in [0.25, 0.3) is 0 Å². The number of aryl methyl sites for hydroxylation is 1. The Balaban J connectivity index is 2.03. The third-order valence-corrected chi connectivity index (χ3v) is 3.74. The molecule has 5 nitrogen and oxygen atoms in total. The van der Waals surface area contributed by atoms with Gasteiger partial charge in [-0.25, -0.2) is 8.42 Å². The van der Waals surface area contributed by atoms with Gasteiger partial charge in [0.15, 0.2) is 0 Å². The first-order chi connectivity index (χ1) is 10.6. The van der Waals surface area contributed by atoms with Crippen LogP contribution in [-0.4, -0.2) is 13.6 Å². The average Bonchev–Trinajstić information content (AvgIpc) is 2.90. The van der Waals surface area contributed by atoms with Crippen LogP contribution in [0.3, 0.4) is 0 Å². The van der Waals surface area contributed by atoms with Crippen molar-refractivity contribution in [3.63, 3.8) is 0 Å². The van der Waals surface area contributed by atoms with E-state index in [9.17, 15) is 8.42 Å². The van der Waals surface area contributed by atoms with Crippen molar-refractivity contribution in [3.8, 4) is 22.4 Å². The van der Waals surface area contributed by atoms with Crippen LogP contribution in [0.1, 0.15) is 5.76 Å². The largest absolute Gasteiger partial charge is 0.360 e. The molecule has 0 bridgehead atoms. The summed E-state index contributed by atoms with van der Waals surface area (Å²) in [6, 6.07) is 16.9. The lowest BCUT2D eigenvalue weighted by Crippen LogP contribution is -1.94. The van der Waals surface area contributed by atoms with Crippen LogP contribution < -0.4 is 4.72 Å². The molecule has 0 aliphatic carbocycles. The molecule has 1 heterocycles. The third-order valence-electron chi connectivity index (χ3n) is 3.30. The van der Waals surface area contributed by atoms with Crippen molar-refractivity contribution in [2.75, 3.05) is 4.72 Å². The second-order valence-electron chi connectivity index (χ2n) is 4.77. The molecule has 0 aliphatic heterocycles. The zero-order chi connectivity index (χ0) is 15.5. The summed E-state index contributed by atoms with van der Waals surface area (Å²) in [6.07, 6.45) is 0. The highest BCUT2D eigenvalue weighted by Gasteiger charge is 2.16. The summed E-state index contributed by atoms with van der Waals surface area (Å²) in [5.41, 5.74) is 4.09. The van der Waals surface area contributed by atoms with Crippen LogP contribution in [-0.2, 0) is 10.9 Å². The first-order valence-corrected chi connectivity index (χ1v) is 7.86. The second kappa shape index (κ2) is 6.03. The highest BCUT2D eigenvalue weighted by atomic mass is 32.2. The quantitative estimate of drug-likeness (QED) is 0.725. The number of benzene rings is 2. The van der Waals surface area contributed by atoms with Gasteiger partial charge < -0.3 is 4.52 Å². The van der Waals surface area contributed by atoms with E-state index in [0.717, 1.165) is 28.1 Å². The Morgan fingerprint density at radius 3 is 2.27 bits per heavy atom. The molecule has 0 spiro atoms. The standard InChI is InChI=1S/C16H14N2O3S/c1-11-15(12-7-9-14(10-8-12)18-22(19)20)16(17-21-11)13-5-3-2-4-6-13/h2-10,22H,1H3,(H,18,19,20). The highest BCUT2D eigenvalue weighted by molar-refractivity contribution is 7.73. The maximum Gasteiger partial charge on any atom is 0.222 e. The normalized spacial score (nSPS) is 10.8. The molecular formula is C16H14N2O3S.